The lowest BCUT2D eigenvalue weighted by Gasteiger charge is -2.15. The average molecular weight is 427 g/mol. The highest BCUT2D eigenvalue weighted by molar-refractivity contribution is 6.00. The Bertz CT molecular complexity index is 1380. The van der Waals surface area contributed by atoms with Gasteiger partial charge in [0, 0.05) is 11.1 Å². The molecule has 5 aromatic rings. The van der Waals surface area contributed by atoms with Crippen molar-refractivity contribution >= 4 is 10.9 Å². The van der Waals surface area contributed by atoms with E-state index >= 15 is 0 Å². The fourth-order valence-electron chi connectivity index (χ4n) is 4.12. The van der Waals surface area contributed by atoms with Gasteiger partial charge in [0.2, 0.25) is 0 Å². The highest BCUT2D eigenvalue weighted by Gasteiger charge is 2.32. The van der Waals surface area contributed by atoms with Crippen LogP contribution in [0.3, 0.4) is 0 Å². The van der Waals surface area contributed by atoms with Gasteiger partial charge in [-0.15, -0.1) is 0 Å². The van der Waals surface area contributed by atoms with Gasteiger partial charge >= 0.3 is 6.18 Å². The van der Waals surface area contributed by atoms with Gasteiger partial charge in [0.15, 0.2) is 0 Å². The zero-order chi connectivity index (χ0) is 22.3. The van der Waals surface area contributed by atoms with Crippen LogP contribution >= 0.6 is 0 Å². The van der Waals surface area contributed by atoms with Crippen molar-refractivity contribution in [1.29, 1.82) is 0 Å². The van der Waals surface area contributed by atoms with Crippen LogP contribution in [0.4, 0.5) is 13.2 Å². The Balaban J connectivity index is 1.92. The van der Waals surface area contributed by atoms with Gasteiger partial charge in [-0.1, -0.05) is 78.4 Å². The summed E-state index contributed by atoms with van der Waals surface area (Å²) in [5, 5.41) is 0.781. The van der Waals surface area contributed by atoms with Crippen LogP contribution < -0.4 is 0 Å². The lowest BCUT2D eigenvalue weighted by Crippen LogP contribution is -2.06. The number of hydrogen-bond donors (Lipinski definition) is 0. The van der Waals surface area contributed by atoms with Crippen LogP contribution in [0.2, 0.25) is 0 Å². The van der Waals surface area contributed by atoms with Gasteiger partial charge in [-0.3, -0.25) is 0 Å². The first-order valence-corrected chi connectivity index (χ1v) is 10.4. The third-order valence-electron chi connectivity index (χ3n) is 5.69. The molecule has 0 aliphatic carbocycles. The summed E-state index contributed by atoms with van der Waals surface area (Å²) in [6, 6.07) is 31.4. The lowest BCUT2D eigenvalue weighted by atomic mass is 9.98. The second-order valence-corrected chi connectivity index (χ2v) is 7.89. The standard InChI is InChI=1S/C28H20F3N/c1-19-12-14-23(15-13-19)32-26(21-10-6-3-7-11-21)18-25-24(20-8-4-2-5-9-20)16-22(17-27(25)32)28(29,30)31/h2-18H,1H3. The highest BCUT2D eigenvalue weighted by atomic mass is 19.4. The molecule has 1 aromatic heterocycles. The first-order chi connectivity index (χ1) is 15.4. The largest absolute Gasteiger partial charge is 0.416 e. The van der Waals surface area contributed by atoms with E-state index in [1.807, 2.05) is 102 Å². The molecule has 0 bridgehead atoms. The number of hydrogen-bond acceptors (Lipinski definition) is 0. The van der Waals surface area contributed by atoms with E-state index in [1.165, 1.54) is 12.1 Å². The lowest BCUT2D eigenvalue weighted by molar-refractivity contribution is -0.137. The number of alkyl halides is 3. The molecule has 0 saturated carbocycles. The first-order valence-electron chi connectivity index (χ1n) is 10.4. The Morgan fingerprint density at radius 3 is 1.84 bits per heavy atom. The first kappa shape index (κ1) is 20.1. The van der Waals surface area contributed by atoms with E-state index in [0.717, 1.165) is 33.5 Å². The number of nitrogens with zero attached hydrogens (tertiary/aromatic N) is 1. The van der Waals surface area contributed by atoms with Crippen molar-refractivity contribution in [2.24, 2.45) is 0 Å². The van der Waals surface area contributed by atoms with E-state index in [2.05, 4.69) is 0 Å². The quantitative estimate of drug-likeness (QED) is 0.273. The molecule has 0 spiro atoms. The van der Waals surface area contributed by atoms with Gasteiger partial charge in [-0.05, 0) is 53.9 Å². The van der Waals surface area contributed by atoms with Crippen molar-refractivity contribution in [3.05, 3.63) is 114 Å². The molecule has 0 radical (unpaired) electrons. The Hall–Kier alpha value is -3.79. The zero-order valence-electron chi connectivity index (χ0n) is 17.4. The number of fused-ring (bicyclic) bond motifs is 1. The molecule has 0 aliphatic heterocycles. The predicted octanol–water partition coefficient (Wildman–Crippen LogP) is 8.29. The Kier molecular flexibility index (Phi) is 4.86. The van der Waals surface area contributed by atoms with Gasteiger partial charge in [-0.25, -0.2) is 0 Å². The van der Waals surface area contributed by atoms with Crippen LogP contribution in [-0.2, 0) is 6.18 Å². The SMILES string of the molecule is Cc1ccc(-n2c(-c3ccccc3)cc3c(-c4ccccc4)cc(C(F)(F)F)cc32)cc1. The Morgan fingerprint density at radius 2 is 1.25 bits per heavy atom. The third-order valence-corrected chi connectivity index (χ3v) is 5.69. The van der Waals surface area contributed by atoms with Crippen molar-refractivity contribution in [2.75, 3.05) is 0 Å². The molecule has 4 heteroatoms. The fourth-order valence-corrected chi connectivity index (χ4v) is 4.12. The number of rotatable bonds is 3. The minimum atomic E-state index is -4.45. The molecule has 32 heavy (non-hydrogen) atoms. The van der Waals surface area contributed by atoms with Crippen molar-refractivity contribution in [3.63, 3.8) is 0 Å². The van der Waals surface area contributed by atoms with Gasteiger partial charge in [-0.2, -0.15) is 13.2 Å². The van der Waals surface area contributed by atoms with Crippen LogP contribution in [-0.4, -0.2) is 4.57 Å². The molecule has 0 saturated heterocycles. The molecule has 1 nitrogen and oxygen atoms in total. The number of halogens is 3. The summed E-state index contributed by atoms with van der Waals surface area (Å²) in [5.74, 6) is 0. The summed E-state index contributed by atoms with van der Waals surface area (Å²) in [6.45, 7) is 1.99. The van der Waals surface area contributed by atoms with Crippen LogP contribution in [0, 0.1) is 6.92 Å². The van der Waals surface area contributed by atoms with Crippen LogP contribution in [0.15, 0.2) is 103 Å². The summed E-state index contributed by atoms with van der Waals surface area (Å²) in [4.78, 5) is 0. The molecule has 158 valence electrons. The van der Waals surface area contributed by atoms with E-state index in [0.29, 0.717) is 11.1 Å². The molecule has 5 rings (SSSR count). The summed E-state index contributed by atoms with van der Waals surface area (Å²) in [7, 11) is 0. The summed E-state index contributed by atoms with van der Waals surface area (Å²) in [5.41, 5.74) is 4.90. The Labute approximate surface area is 184 Å². The van der Waals surface area contributed by atoms with Crippen molar-refractivity contribution in [2.45, 2.75) is 13.1 Å². The fraction of sp³-hybridized carbons (Fsp3) is 0.0714. The van der Waals surface area contributed by atoms with Crippen molar-refractivity contribution in [3.8, 4) is 28.1 Å². The molecule has 0 unspecified atom stereocenters. The second-order valence-electron chi connectivity index (χ2n) is 7.89. The molecular formula is C28H20F3N. The van der Waals surface area contributed by atoms with E-state index in [4.69, 9.17) is 0 Å². The molecule has 0 fully saturated rings. The number of aromatic nitrogens is 1. The smallest absolute Gasteiger partial charge is 0.309 e. The average Bonchev–Trinajstić information content (AvgIpc) is 3.19. The normalized spacial score (nSPS) is 11.8. The summed E-state index contributed by atoms with van der Waals surface area (Å²) < 4.78 is 43.7. The van der Waals surface area contributed by atoms with Gasteiger partial charge in [0.25, 0.3) is 0 Å². The maximum atomic E-state index is 13.9. The Morgan fingerprint density at radius 1 is 0.656 bits per heavy atom. The third kappa shape index (κ3) is 3.58. The molecule has 0 amide bonds. The van der Waals surface area contributed by atoms with Gasteiger partial charge < -0.3 is 4.57 Å². The highest BCUT2D eigenvalue weighted by Crippen LogP contribution is 2.41. The van der Waals surface area contributed by atoms with Gasteiger partial charge in [0.1, 0.15) is 0 Å². The minimum absolute atomic E-state index is 0.529. The number of benzene rings is 4. The predicted molar refractivity (Wildman–Crippen MR) is 124 cm³/mol. The zero-order valence-corrected chi connectivity index (χ0v) is 17.4. The molecule has 0 N–H and O–H groups in total. The maximum absolute atomic E-state index is 13.9. The summed E-state index contributed by atoms with van der Waals surface area (Å²) in [6.07, 6.45) is -4.45. The van der Waals surface area contributed by atoms with Gasteiger partial charge in [0.05, 0.1) is 16.8 Å². The monoisotopic (exact) mass is 427 g/mol. The van der Waals surface area contributed by atoms with Crippen molar-refractivity contribution < 1.29 is 13.2 Å². The molecule has 0 aliphatic rings. The van der Waals surface area contributed by atoms with Crippen LogP contribution in [0.1, 0.15) is 11.1 Å². The summed E-state index contributed by atoms with van der Waals surface area (Å²) >= 11 is 0. The van der Waals surface area contributed by atoms with E-state index in [1.54, 1.807) is 0 Å². The molecule has 0 atom stereocenters. The van der Waals surface area contributed by atoms with E-state index < -0.39 is 11.7 Å². The van der Waals surface area contributed by atoms with E-state index in [9.17, 15) is 13.2 Å². The van der Waals surface area contributed by atoms with E-state index in [-0.39, 0.29) is 0 Å². The second kappa shape index (κ2) is 7.72. The molecule has 4 aromatic carbocycles. The molecular weight excluding hydrogens is 407 g/mol. The topological polar surface area (TPSA) is 4.93 Å². The molecule has 1 heterocycles. The van der Waals surface area contributed by atoms with Crippen molar-refractivity contribution in [1.82, 2.24) is 4.57 Å². The maximum Gasteiger partial charge on any atom is 0.416 e. The van der Waals surface area contributed by atoms with Crippen LogP contribution in [0.5, 0.6) is 0 Å². The number of aryl methyl sites for hydroxylation is 1. The minimum Gasteiger partial charge on any atom is -0.309 e. The van der Waals surface area contributed by atoms with Crippen LogP contribution in [0.25, 0.3) is 39.0 Å².